The summed E-state index contributed by atoms with van der Waals surface area (Å²) in [5.41, 5.74) is 16.5. The van der Waals surface area contributed by atoms with Crippen LogP contribution in [-0.4, -0.2) is 147 Å². The van der Waals surface area contributed by atoms with E-state index in [2.05, 4.69) is 42.5 Å². The number of nitrogens with one attached hydrogen (secondary N) is 10. The molecule has 0 aliphatic carbocycles. The summed E-state index contributed by atoms with van der Waals surface area (Å²) in [4.78, 5) is 128. The van der Waals surface area contributed by atoms with Gasteiger partial charge in [0.25, 0.3) is 0 Å². The number of guanidine groups is 2. The van der Waals surface area contributed by atoms with E-state index in [1.165, 1.54) is 0 Å². The fourth-order valence-corrected chi connectivity index (χ4v) is 6.12. The molecule has 374 valence electrons. The molecule has 27 heteroatoms. The molecule has 20 N–H and O–H groups in total. The van der Waals surface area contributed by atoms with Gasteiger partial charge < -0.3 is 80.2 Å². The molecule has 0 radical (unpaired) electrons. The van der Waals surface area contributed by atoms with E-state index < -0.39 is 140 Å². The second-order valence-corrected chi connectivity index (χ2v) is 16.3. The summed E-state index contributed by atoms with van der Waals surface area (Å²) in [6.45, 7) is 7.21. The Bertz CT molecular complexity index is 1710. The van der Waals surface area contributed by atoms with Crippen molar-refractivity contribution in [2.75, 3.05) is 13.1 Å². The molecule has 66 heavy (non-hydrogen) atoms. The number of hydrogen-bond acceptors (Lipinski definition) is 13. The maximum Gasteiger partial charge on any atom is 0.326 e. The van der Waals surface area contributed by atoms with Gasteiger partial charge in [0.1, 0.15) is 36.3 Å². The van der Waals surface area contributed by atoms with E-state index in [0.717, 1.165) is 0 Å². The molecule has 0 aromatic rings. The SMILES string of the molecule is CC(C)C[C@H](NC(=O)[C@H](CCC(=O)O)NC(=O)[C@H](CCC(=O)O)NC(=O)[C@H](CCC(=O)O)NC(=O)[C@H](CC(C)C)NC(=O)[C@@H](N)CCCNC(=N)N)C(=O)N[C@@H](CCCNC(=N)N)C(=O)O. The van der Waals surface area contributed by atoms with Crippen molar-refractivity contribution in [3.8, 4) is 0 Å². The molecular weight excluding hydrogens is 875 g/mol. The third-order valence-electron chi connectivity index (χ3n) is 9.46. The average molecular weight is 944 g/mol. The molecule has 0 heterocycles. The lowest BCUT2D eigenvalue weighted by Crippen LogP contribution is -2.60. The molecule has 0 aliphatic rings. The normalized spacial score (nSPS) is 14.1. The maximum atomic E-state index is 13.8. The monoisotopic (exact) mass is 944 g/mol. The van der Waals surface area contributed by atoms with Crippen LogP contribution in [0.25, 0.3) is 0 Å². The summed E-state index contributed by atoms with van der Waals surface area (Å²) in [5, 5.41) is 71.8. The van der Waals surface area contributed by atoms with Gasteiger partial charge in [0.05, 0.1) is 6.04 Å². The van der Waals surface area contributed by atoms with Crippen molar-refractivity contribution < 1.29 is 68.4 Å². The quantitative estimate of drug-likeness (QED) is 0.0169. The minimum atomic E-state index is -1.79. The minimum absolute atomic E-state index is 0.0344. The first-order valence-corrected chi connectivity index (χ1v) is 21.4. The Kier molecular flexibility index (Phi) is 27.9. The highest BCUT2D eigenvalue weighted by Gasteiger charge is 2.34. The first-order valence-electron chi connectivity index (χ1n) is 21.4. The van der Waals surface area contributed by atoms with Gasteiger partial charge in [0.15, 0.2) is 11.9 Å². The molecule has 6 amide bonds. The predicted octanol–water partition coefficient (Wildman–Crippen LogP) is -3.48. The van der Waals surface area contributed by atoms with E-state index in [0.29, 0.717) is 6.42 Å². The second-order valence-electron chi connectivity index (χ2n) is 16.3. The Labute approximate surface area is 381 Å². The van der Waals surface area contributed by atoms with Gasteiger partial charge in [-0.05, 0) is 69.6 Å². The molecule has 27 nitrogen and oxygen atoms in total. The van der Waals surface area contributed by atoms with Crippen LogP contribution < -0.4 is 59.7 Å². The summed E-state index contributed by atoms with van der Waals surface area (Å²) in [6.07, 6.45) is -3.36. The van der Waals surface area contributed by atoms with Gasteiger partial charge >= 0.3 is 23.9 Å². The molecule has 0 bridgehead atoms. The Balaban J connectivity index is 6.52. The average Bonchev–Trinajstić information content (AvgIpc) is 3.20. The largest absolute Gasteiger partial charge is 0.481 e. The lowest BCUT2D eigenvalue weighted by atomic mass is 10.0. The summed E-state index contributed by atoms with van der Waals surface area (Å²) >= 11 is 0. The summed E-state index contributed by atoms with van der Waals surface area (Å²) in [6, 6.07) is -10.4. The number of carbonyl (C=O) groups excluding carboxylic acids is 6. The molecule has 0 rings (SSSR count). The number of rotatable bonds is 34. The van der Waals surface area contributed by atoms with Crippen molar-refractivity contribution in [1.82, 2.24) is 42.5 Å². The first kappa shape index (κ1) is 59.2. The third kappa shape index (κ3) is 26.7. The van der Waals surface area contributed by atoms with E-state index in [1.807, 2.05) is 0 Å². The van der Waals surface area contributed by atoms with Crippen LogP contribution in [0.2, 0.25) is 0 Å². The van der Waals surface area contributed by atoms with Gasteiger partial charge in [0, 0.05) is 32.4 Å². The van der Waals surface area contributed by atoms with Crippen LogP contribution >= 0.6 is 0 Å². The van der Waals surface area contributed by atoms with Crippen LogP contribution in [-0.2, 0) is 47.9 Å². The maximum absolute atomic E-state index is 13.8. The fraction of sp³-hybridized carbons (Fsp3) is 0.692. The summed E-state index contributed by atoms with van der Waals surface area (Å²) in [7, 11) is 0. The van der Waals surface area contributed by atoms with Crippen molar-refractivity contribution in [2.24, 2.45) is 29.0 Å². The van der Waals surface area contributed by atoms with Gasteiger partial charge in [-0.25, -0.2) is 4.79 Å². The van der Waals surface area contributed by atoms with E-state index in [9.17, 15) is 68.4 Å². The zero-order valence-corrected chi connectivity index (χ0v) is 37.7. The predicted molar refractivity (Wildman–Crippen MR) is 235 cm³/mol. The van der Waals surface area contributed by atoms with Crippen LogP contribution in [0.15, 0.2) is 0 Å². The molecule has 0 aliphatic heterocycles. The van der Waals surface area contributed by atoms with Crippen LogP contribution in [0.4, 0.5) is 0 Å². The van der Waals surface area contributed by atoms with Gasteiger partial charge in [0.2, 0.25) is 35.4 Å². The van der Waals surface area contributed by atoms with Crippen LogP contribution in [0.1, 0.15) is 105 Å². The zero-order valence-electron chi connectivity index (χ0n) is 37.7. The Hall–Kier alpha value is -6.80. The summed E-state index contributed by atoms with van der Waals surface area (Å²) in [5.74, 6) is -12.7. The number of hydrogen-bond donors (Lipinski definition) is 17. The van der Waals surface area contributed by atoms with Crippen molar-refractivity contribution in [3.63, 3.8) is 0 Å². The molecule has 0 spiro atoms. The highest BCUT2D eigenvalue weighted by Crippen LogP contribution is 2.12. The Morgan fingerprint density at radius 1 is 0.439 bits per heavy atom. The number of carboxylic acid groups (broad SMARTS) is 4. The number of nitrogens with two attached hydrogens (primary N) is 3. The van der Waals surface area contributed by atoms with E-state index in [1.54, 1.807) is 27.7 Å². The van der Waals surface area contributed by atoms with E-state index in [-0.39, 0.29) is 68.9 Å². The Morgan fingerprint density at radius 3 is 1.03 bits per heavy atom. The van der Waals surface area contributed by atoms with E-state index in [4.69, 9.17) is 28.0 Å². The van der Waals surface area contributed by atoms with Gasteiger partial charge in [-0.2, -0.15) is 0 Å². The van der Waals surface area contributed by atoms with Crippen LogP contribution in [0.5, 0.6) is 0 Å². The van der Waals surface area contributed by atoms with Gasteiger partial charge in [-0.15, -0.1) is 0 Å². The highest BCUT2D eigenvalue weighted by atomic mass is 16.4. The van der Waals surface area contributed by atoms with Gasteiger partial charge in [-0.1, -0.05) is 27.7 Å². The molecule has 0 unspecified atom stereocenters. The summed E-state index contributed by atoms with van der Waals surface area (Å²) < 4.78 is 0. The fourth-order valence-electron chi connectivity index (χ4n) is 6.12. The van der Waals surface area contributed by atoms with Crippen molar-refractivity contribution >= 4 is 71.2 Å². The number of carbonyl (C=O) groups is 10. The second kappa shape index (κ2) is 31.1. The van der Waals surface area contributed by atoms with Crippen LogP contribution in [0.3, 0.4) is 0 Å². The number of carboxylic acids is 4. The smallest absolute Gasteiger partial charge is 0.326 e. The van der Waals surface area contributed by atoms with Gasteiger partial charge in [-0.3, -0.25) is 54.0 Å². The van der Waals surface area contributed by atoms with Crippen LogP contribution in [0, 0.1) is 22.7 Å². The molecule has 0 aromatic heterocycles. The molecule has 7 atom stereocenters. The lowest BCUT2D eigenvalue weighted by Gasteiger charge is -2.28. The molecule has 0 aromatic carbocycles. The molecular formula is C39H69N13O14. The molecule has 0 saturated heterocycles. The molecule has 0 saturated carbocycles. The highest BCUT2D eigenvalue weighted by molar-refractivity contribution is 5.97. The number of aliphatic carboxylic acids is 4. The minimum Gasteiger partial charge on any atom is -0.481 e. The standard InChI is InChI=1S/C39H69N13O14/c1-19(2)17-26(51-31(59)21(40)7-5-15-45-38(41)42)35(63)49-23(10-13-29(55)56)33(61)47-22(9-12-28(53)54)32(60)48-24(11-14-30(57)58)34(62)52-27(18-20(3)4)36(64)50-25(37(65)66)8-6-16-46-39(43)44/h19-27H,5-18,40H2,1-4H3,(H,47,61)(H,48,60)(H,49,63)(H,50,64)(H,51,59)(H,52,62)(H,53,54)(H,55,56)(H,57,58)(H,65,66)(H4,41,42,45)(H4,43,44,46)/t21-,22-,23-,24-,25-,26-,27-/m0/s1. The first-order chi connectivity index (χ1) is 30.7. The van der Waals surface area contributed by atoms with Crippen molar-refractivity contribution in [2.45, 2.75) is 147 Å². The number of amides is 6. The zero-order chi connectivity index (χ0) is 50.7. The topological polar surface area (TPSA) is 474 Å². The third-order valence-corrected chi connectivity index (χ3v) is 9.46. The van der Waals surface area contributed by atoms with Crippen molar-refractivity contribution in [1.29, 1.82) is 10.8 Å². The Morgan fingerprint density at radius 2 is 0.727 bits per heavy atom. The molecule has 0 fully saturated rings. The van der Waals surface area contributed by atoms with E-state index >= 15 is 0 Å². The van der Waals surface area contributed by atoms with Crippen molar-refractivity contribution in [3.05, 3.63) is 0 Å². The lowest BCUT2D eigenvalue weighted by molar-refractivity contribution is -0.142.